The Bertz CT molecular complexity index is 179. The standard InChI is InChI=1S/C12H20O/c1-2-3-4-5-6-11-7-9-12(13)10-8-11/h6H,2-5,7-10H2,1H3. The molecule has 0 aromatic rings. The predicted octanol–water partition coefficient (Wildman–Crippen LogP) is 3.64. The quantitative estimate of drug-likeness (QED) is 0.477. The van der Waals surface area contributed by atoms with Crippen LogP contribution in [-0.2, 0) is 4.79 Å². The second-order valence-electron chi connectivity index (χ2n) is 3.90. The van der Waals surface area contributed by atoms with Crippen LogP contribution in [0.5, 0.6) is 0 Å². The van der Waals surface area contributed by atoms with Gasteiger partial charge in [0, 0.05) is 12.8 Å². The number of Topliss-reactive ketones (excluding diaryl/α,β-unsaturated/α-hetero) is 1. The molecular weight excluding hydrogens is 160 g/mol. The van der Waals surface area contributed by atoms with E-state index in [1.807, 2.05) is 0 Å². The van der Waals surface area contributed by atoms with Gasteiger partial charge in [-0.3, -0.25) is 4.79 Å². The highest BCUT2D eigenvalue weighted by Gasteiger charge is 2.11. The lowest BCUT2D eigenvalue weighted by molar-refractivity contribution is -0.119. The van der Waals surface area contributed by atoms with Crippen LogP contribution >= 0.6 is 0 Å². The number of unbranched alkanes of at least 4 members (excludes halogenated alkanes) is 3. The van der Waals surface area contributed by atoms with E-state index in [1.165, 1.54) is 31.3 Å². The summed E-state index contributed by atoms with van der Waals surface area (Å²) in [6.45, 7) is 2.23. The van der Waals surface area contributed by atoms with E-state index in [4.69, 9.17) is 0 Å². The molecule has 0 aromatic carbocycles. The molecule has 0 radical (unpaired) electrons. The van der Waals surface area contributed by atoms with Crippen LogP contribution in [0.3, 0.4) is 0 Å². The fourth-order valence-electron chi connectivity index (χ4n) is 1.75. The Labute approximate surface area is 81.2 Å². The second-order valence-corrected chi connectivity index (χ2v) is 3.90. The first-order valence-electron chi connectivity index (χ1n) is 5.52. The Morgan fingerprint density at radius 3 is 2.46 bits per heavy atom. The van der Waals surface area contributed by atoms with Crippen LogP contribution in [0.4, 0.5) is 0 Å². The van der Waals surface area contributed by atoms with E-state index in [2.05, 4.69) is 13.0 Å². The maximum atomic E-state index is 11.0. The molecule has 0 saturated heterocycles. The van der Waals surface area contributed by atoms with Crippen molar-refractivity contribution in [3.63, 3.8) is 0 Å². The lowest BCUT2D eigenvalue weighted by Crippen LogP contribution is -2.05. The van der Waals surface area contributed by atoms with Crippen LogP contribution in [0.25, 0.3) is 0 Å². The van der Waals surface area contributed by atoms with E-state index in [0.29, 0.717) is 5.78 Å². The SMILES string of the molecule is CCCCCC=C1CCC(=O)CC1. The summed E-state index contributed by atoms with van der Waals surface area (Å²) in [6.07, 6.45) is 11.2. The van der Waals surface area contributed by atoms with Crippen molar-refractivity contribution in [1.82, 2.24) is 0 Å². The van der Waals surface area contributed by atoms with Crippen molar-refractivity contribution in [2.24, 2.45) is 0 Å². The molecule has 0 unspecified atom stereocenters. The van der Waals surface area contributed by atoms with Crippen molar-refractivity contribution in [2.45, 2.75) is 58.3 Å². The first kappa shape index (κ1) is 10.5. The van der Waals surface area contributed by atoms with Gasteiger partial charge in [-0.2, -0.15) is 0 Å². The molecule has 1 heteroatoms. The zero-order valence-corrected chi connectivity index (χ0v) is 8.64. The zero-order valence-electron chi connectivity index (χ0n) is 8.64. The topological polar surface area (TPSA) is 17.1 Å². The van der Waals surface area contributed by atoms with Crippen molar-refractivity contribution < 1.29 is 4.79 Å². The molecule has 0 spiro atoms. The minimum Gasteiger partial charge on any atom is -0.300 e. The number of rotatable bonds is 4. The van der Waals surface area contributed by atoms with Crippen LogP contribution in [-0.4, -0.2) is 5.78 Å². The van der Waals surface area contributed by atoms with Crippen LogP contribution in [0.2, 0.25) is 0 Å². The van der Waals surface area contributed by atoms with Gasteiger partial charge < -0.3 is 0 Å². The third-order valence-electron chi connectivity index (χ3n) is 2.69. The number of hydrogen-bond donors (Lipinski definition) is 0. The zero-order chi connectivity index (χ0) is 9.52. The van der Waals surface area contributed by atoms with Gasteiger partial charge in [-0.15, -0.1) is 0 Å². The largest absolute Gasteiger partial charge is 0.300 e. The molecule has 74 valence electrons. The van der Waals surface area contributed by atoms with Crippen LogP contribution in [0.15, 0.2) is 11.6 Å². The van der Waals surface area contributed by atoms with Gasteiger partial charge >= 0.3 is 0 Å². The Kier molecular flexibility index (Phi) is 4.81. The normalized spacial score (nSPS) is 17.6. The number of carbonyl (C=O) groups is 1. The molecule has 1 rings (SSSR count). The summed E-state index contributed by atoms with van der Waals surface area (Å²) >= 11 is 0. The van der Waals surface area contributed by atoms with Crippen molar-refractivity contribution in [3.05, 3.63) is 11.6 Å². The molecule has 1 nitrogen and oxygen atoms in total. The molecule has 0 amide bonds. The number of carbonyl (C=O) groups excluding carboxylic acids is 1. The minimum absolute atomic E-state index is 0.450. The predicted molar refractivity (Wildman–Crippen MR) is 55.7 cm³/mol. The molecule has 1 aliphatic rings. The third-order valence-corrected chi connectivity index (χ3v) is 2.69. The average Bonchev–Trinajstić information content (AvgIpc) is 2.15. The van der Waals surface area contributed by atoms with Gasteiger partial charge in [0.15, 0.2) is 0 Å². The first-order chi connectivity index (χ1) is 6.33. The number of hydrogen-bond acceptors (Lipinski definition) is 1. The van der Waals surface area contributed by atoms with Gasteiger partial charge in [-0.05, 0) is 25.7 Å². The fraction of sp³-hybridized carbons (Fsp3) is 0.750. The smallest absolute Gasteiger partial charge is 0.133 e. The molecule has 0 N–H and O–H groups in total. The molecule has 0 aromatic heterocycles. The average molecular weight is 180 g/mol. The Morgan fingerprint density at radius 1 is 1.15 bits per heavy atom. The molecule has 0 bridgehead atoms. The molecule has 0 heterocycles. The molecule has 0 aliphatic heterocycles. The summed E-state index contributed by atoms with van der Waals surface area (Å²) in [5.74, 6) is 0.450. The minimum atomic E-state index is 0.450. The Balaban J connectivity index is 2.16. The van der Waals surface area contributed by atoms with E-state index in [-0.39, 0.29) is 0 Å². The Hall–Kier alpha value is -0.590. The van der Waals surface area contributed by atoms with Gasteiger partial charge in [-0.25, -0.2) is 0 Å². The van der Waals surface area contributed by atoms with Crippen LogP contribution < -0.4 is 0 Å². The highest BCUT2D eigenvalue weighted by Crippen LogP contribution is 2.21. The summed E-state index contributed by atoms with van der Waals surface area (Å²) in [4.78, 5) is 11.0. The van der Waals surface area contributed by atoms with E-state index in [0.717, 1.165) is 25.7 Å². The fourth-order valence-corrected chi connectivity index (χ4v) is 1.75. The van der Waals surface area contributed by atoms with Gasteiger partial charge in [0.05, 0.1) is 0 Å². The van der Waals surface area contributed by atoms with Crippen molar-refractivity contribution >= 4 is 5.78 Å². The lowest BCUT2D eigenvalue weighted by atomic mass is 9.93. The summed E-state index contributed by atoms with van der Waals surface area (Å²) < 4.78 is 0. The van der Waals surface area contributed by atoms with Crippen LogP contribution in [0, 0.1) is 0 Å². The van der Waals surface area contributed by atoms with Gasteiger partial charge in [0.2, 0.25) is 0 Å². The summed E-state index contributed by atoms with van der Waals surface area (Å²) in [7, 11) is 0. The molecule has 0 atom stereocenters. The van der Waals surface area contributed by atoms with Crippen molar-refractivity contribution in [1.29, 1.82) is 0 Å². The van der Waals surface area contributed by atoms with Crippen LogP contribution in [0.1, 0.15) is 58.3 Å². The number of ketones is 1. The highest BCUT2D eigenvalue weighted by atomic mass is 16.1. The Morgan fingerprint density at radius 2 is 1.85 bits per heavy atom. The maximum absolute atomic E-state index is 11.0. The second kappa shape index (κ2) is 5.95. The molecule has 1 aliphatic carbocycles. The molecule has 1 saturated carbocycles. The molecule has 13 heavy (non-hydrogen) atoms. The third kappa shape index (κ3) is 4.25. The van der Waals surface area contributed by atoms with E-state index in [9.17, 15) is 4.79 Å². The summed E-state index contributed by atoms with van der Waals surface area (Å²) in [5, 5.41) is 0. The van der Waals surface area contributed by atoms with E-state index >= 15 is 0 Å². The monoisotopic (exact) mass is 180 g/mol. The lowest BCUT2D eigenvalue weighted by Gasteiger charge is -2.12. The van der Waals surface area contributed by atoms with E-state index < -0.39 is 0 Å². The molecular formula is C12H20O. The number of allylic oxidation sites excluding steroid dienone is 2. The summed E-state index contributed by atoms with van der Waals surface area (Å²) in [6, 6.07) is 0. The van der Waals surface area contributed by atoms with E-state index in [1.54, 1.807) is 0 Å². The van der Waals surface area contributed by atoms with Crippen molar-refractivity contribution in [3.8, 4) is 0 Å². The van der Waals surface area contributed by atoms with Gasteiger partial charge in [-0.1, -0.05) is 31.4 Å². The van der Waals surface area contributed by atoms with Gasteiger partial charge in [0.25, 0.3) is 0 Å². The molecule has 1 fully saturated rings. The summed E-state index contributed by atoms with van der Waals surface area (Å²) in [5.41, 5.74) is 1.52. The first-order valence-corrected chi connectivity index (χ1v) is 5.52. The highest BCUT2D eigenvalue weighted by molar-refractivity contribution is 5.80. The van der Waals surface area contributed by atoms with Gasteiger partial charge in [0.1, 0.15) is 5.78 Å². The maximum Gasteiger partial charge on any atom is 0.133 e. The van der Waals surface area contributed by atoms with Crippen molar-refractivity contribution in [2.75, 3.05) is 0 Å².